The van der Waals surface area contributed by atoms with Crippen molar-refractivity contribution < 1.29 is 18.0 Å². The molecule has 10 heteroatoms. The summed E-state index contributed by atoms with van der Waals surface area (Å²) >= 11 is 0. The van der Waals surface area contributed by atoms with E-state index in [1.165, 1.54) is 0 Å². The van der Waals surface area contributed by atoms with Crippen molar-refractivity contribution in [1.29, 1.82) is 0 Å². The number of hydrogen-bond donors (Lipinski definition) is 2. The van der Waals surface area contributed by atoms with Gasteiger partial charge < -0.3 is 4.57 Å². The molecule has 0 bridgehead atoms. The summed E-state index contributed by atoms with van der Waals surface area (Å²) in [5.41, 5.74) is 2.00. The molecule has 2 rings (SSSR count). The lowest BCUT2D eigenvalue weighted by molar-refractivity contribution is -0.148. The minimum absolute atomic E-state index is 0.154. The van der Waals surface area contributed by atoms with Crippen molar-refractivity contribution >= 4 is 5.91 Å². The normalized spacial score (nSPS) is 16.2. The summed E-state index contributed by atoms with van der Waals surface area (Å²) in [6.07, 6.45) is -4.30. The highest BCUT2D eigenvalue weighted by molar-refractivity contribution is 5.75. The number of hydrogen-bond acceptors (Lipinski definition) is 5. The smallest absolute Gasteiger partial charge is 0.305 e. The average molecular weight is 278 g/mol. The number of carbonyl (C=O) groups excluding carboxylic acids is 1. The van der Waals surface area contributed by atoms with Crippen LogP contribution < -0.4 is 11.3 Å². The van der Waals surface area contributed by atoms with E-state index in [-0.39, 0.29) is 31.2 Å². The van der Waals surface area contributed by atoms with Crippen molar-refractivity contribution in [2.24, 2.45) is 5.84 Å². The van der Waals surface area contributed by atoms with Gasteiger partial charge in [-0.15, -0.1) is 10.2 Å². The van der Waals surface area contributed by atoms with E-state index in [2.05, 4.69) is 10.2 Å². The number of nitrogens with zero attached hydrogens (tertiary/aromatic N) is 4. The van der Waals surface area contributed by atoms with E-state index in [1.54, 1.807) is 0 Å². The molecule has 0 radical (unpaired) electrons. The summed E-state index contributed by atoms with van der Waals surface area (Å²) in [5.74, 6) is 3.91. The highest BCUT2D eigenvalue weighted by atomic mass is 19.4. The molecule has 19 heavy (non-hydrogen) atoms. The number of amides is 1. The van der Waals surface area contributed by atoms with E-state index in [9.17, 15) is 18.0 Å². The number of nitrogens with two attached hydrogens (primary N) is 1. The molecule has 0 saturated heterocycles. The Morgan fingerprint density at radius 3 is 2.74 bits per heavy atom. The fraction of sp³-hybridized carbons (Fsp3) is 0.667. The summed E-state index contributed by atoms with van der Waals surface area (Å²) in [6.45, 7) is 1.21. The van der Waals surface area contributed by atoms with Crippen LogP contribution in [0.2, 0.25) is 0 Å². The predicted octanol–water partition coefficient (Wildman–Crippen LogP) is -0.508. The van der Waals surface area contributed by atoms with Crippen molar-refractivity contribution in [3.8, 4) is 0 Å². The van der Waals surface area contributed by atoms with E-state index in [0.29, 0.717) is 13.1 Å². The van der Waals surface area contributed by atoms with E-state index in [1.807, 2.05) is 10.3 Å². The Balaban J connectivity index is 2.02. The van der Waals surface area contributed by atoms with Crippen LogP contribution in [-0.2, 0) is 24.1 Å². The summed E-state index contributed by atoms with van der Waals surface area (Å²) in [6, 6.07) is 0. The molecule has 0 unspecified atom stereocenters. The predicted molar refractivity (Wildman–Crippen MR) is 57.2 cm³/mol. The van der Waals surface area contributed by atoms with Crippen LogP contribution in [0.25, 0.3) is 0 Å². The topological polar surface area (TPSA) is 89.1 Å². The van der Waals surface area contributed by atoms with Crippen LogP contribution in [0.1, 0.15) is 18.1 Å². The summed E-state index contributed by atoms with van der Waals surface area (Å²) in [4.78, 5) is 12.8. The van der Waals surface area contributed by atoms with Crippen molar-refractivity contribution in [2.75, 3.05) is 13.1 Å². The Kier molecular flexibility index (Phi) is 3.71. The molecule has 1 aromatic rings. The number of hydrazine groups is 1. The fourth-order valence-corrected chi connectivity index (χ4v) is 1.94. The van der Waals surface area contributed by atoms with Gasteiger partial charge in [-0.3, -0.25) is 15.1 Å². The quantitative estimate of drug-likeness (QED) is 0.442. The third-order valence-corrected chi connectivity index (χ3v) is 2.90. The van der Waals surface area contributed by atoms with Gasteiger partial charge in [0.1, 0.15) is 5.82 Å². The van der Waals surface area contributed by atoms with Crippen LogP contribution in [0.5, 0.6) is 0 Å². The van der Waals surface area contributed by atoms with Gasteiger partial charge in [-0.25, -0.2) is 5.84 Å². The highest BCUT2D eigenvalue weighted by Gasteiger charge is 2.39. The Morgan fingerprint density at radius 2 is 2.11 bits per heavy atom. The molecule has 0 saturated carbocycles. The van der Waals surface area contributed by atoms with Gasteiger partial charge in [0.25, 0.3) is 0 Å². The van der Waals surface area contributed by atoms with Crippen LogP contribution in [0, 0.1) is 0 Å². The number of fused-ring (bicyclic) bond motifs is 1. The summed E-state index contributed by atoms with van der Waals surface area (Å²) in [7, 11) is 0. The minimum atomic E-state index is -4.49. The minimum Gasteiger partial charge on any atom is -0.305 e. The molecule has 1 aromatic heterocycles. The molecule has 0 aliphatic carbocycles. The lowest BCUT2D eigenvalue weighted by atomic mass is 10.3. The molecule has 1 aliphatic rings. The van der Waals surface area contributed by atoms with Gasteiger partial charge >= 0.3 is 6.18 Å². The molecule has 1 amide bonds. The van der Waals surface area contributed by atoms with Gasteiger partial charge in [-0.2, -0.15) is 13.2 Å². The average Bonchev–Trinajstić information content (AvgIpc) is 2.78. The number of alkyl halides is 3. The number of aromatic nitrogens is 3. The van der Waals surface area contributed by atoms with Gasteiger partial charge in [0.2, 0.25) is 11.7 Å². The van der Waals surface area contributed by atoms with E-state index in [0.717, 1.165) is 4.57 Å². The first-order valence-corrected chi connectivity index (χ1v) is 5.63. The Hall–Kier alpha value is -1.68. The molecule has 0 aromatic carbocycles. The van der Waals surface area contributed by atoms with Crippen molar-refractivity contribution in [1.82, 2.24) is 25.1 Å². The molecule has 1 aliphatic heterocycles. The Bertz CT molecular complexity index is 471. The first-order valence-electron chi connectivity index (χ1n) is 5.63. The van der Waals surface area contributed by atoms with Crippen molar-refractivity contribution in [3.63, 3.8) is 0 Å². The molecule has 0 spiro atoms. The second-order valence-corrected chi connectivity index (χ2v) is 4.18. The zero-order chi connectivity index (χ0) is 14.0. The van der Waals surface area contributed by atoms with Crippen LogP contribution in [0.3, 0.4) is 0 Å². The van der Waals surface area contributed by atoms with Gasteiger partial charge in [-0.05, 0) is 0 Å². The van der Waals surface area contributed by atoms with Gasteiger partial charge in [0, 0.05) is 26.1 Å². The zero-order valence-corrected chi connectivity index (χ0v) is 9.94. The van der Waals surface area contributed by atoms with Crippen LogP contribution in [0.15, 0.2) is 0 Å². The second kappa shape index (κ2) is 5.13. The molecular formula is C9H13F3N6O. The monoisotopic (exact) mass is 278 g/mol. The first kappa shape index (κ1) is 13.7. The molecule has 0 fully saturated rings. The standard InChI is InChI=1S/C9H13F3N6O/c10-9(11,12)8-16-15-6-5-17(3-4-18(6)8)2-1-7(19)14-13/h1-5,13H2,(H,14,19). The number of halogens is 3. The van der Waals surface area contributed by atoms with E-state index >= 15 is 0 Å². The Morgan fingerprint density at radius 1 is 1.37 bits per heavy atom. The van der Waals surface area contributed by atoms with Crippen molar-refractivity contribution in [2.45, 2.75) is 25.7 Å². The maximum Gasteiger partial charge on any atom is 0.451 e. The largest absolute Gasteiger partial charge is 0.451 e. The maximum atomic E-state index is 12.6. The summed E-state index contributed by atoms with van der Waals surface area (Å²) in [5, 5.41) is 6.72. The molecular weight excluding hydrogens is 265 g/mol. The third kappa shape index (κ3) is 3.01. The number of rotatable bonds is 3. The SMILES string of the molecule is NNC(=O)CCN1CCn2c(nnc2C(F)(F)F)C1. The van der Waals surface area contributed by atoms with Gasteiger partial charge in [0.05, 0.1) is 6.54 Å². The van der Waals surface area contributed by atoms with Crippen LogP contribution in [-0.4, -0.2) is 38.7 Å². The van der Waals surface area contributed by atoms with Crippen LogP contribution in [0.4, 0.5) is 13.2 Å². The zero-order valence-electron chi connectivity index (χ0n) is 9.94. The lowest BCUT2D eigenvalue weighted by Gasteiger charge is -2.27. The van der Waals surface area contributed by atoms with Crippen molar-refractivity contribution in [3.05, 3.63) is 11.6 Å². The third-order valence-electron chi connectivity index (χ3n) is 2.90. The maximum absolute atomic E-state index is 12.6. The number of nitrogens with one attached hydrogen (secondary N) is 1. The second-order valence-electron chi connectivity index (χ2n) is 4.18. The van der Waals surface area contributed by atoms with Gasteiger partial charge in [-0.1, -0.05) is 0 Å². The fourth-order valence-electron chi connectivity index (χ4n) is 1.94. The molecule has 0 atom stereocenters. The van der Waals surface area contributed by atoms with E-state index in [4.69, 9.17) is 5.84 Å². The van der Waals surface area contributed by atoms with E-state index < -0.39 is 12.0 Å². The highest BCUT2D eigenvalue weighted by Crippen LogP contribution is 2.29. The van der Waals surface area contributed by atoms with Gasteiger partial charge in [0.15, 0.2) is 0 Å². The van der Waals surface area contributed by atoms with Crippen LogP contribution >= 0.6 is 0 Å². The first-order chi connectivity index (χ1) is 8.91. The molecule has 106 valence electrons. The lowest BCUT2D eigenvalue weighted by Crippen LogP contribution is -2.38. The number of carbonyl (C=O) groups is 1. The molecule has 7 nitrogen and oxygen atoms in total. The Labute approximate surface area is 106 Å². The summed E-state index contributed by atoms with van der Waals surface area (Å²) < 4.78 is 38.9. The molecule has 3 N–H and O–H groups in total. The molecule has 2 heterocycles.